The number of ether oxygens (including phenoxy) is 1. The van der Waals surface area contributed by atoms with Crippen LogP contribution in [-0.4, -0.2) is 32.5 Å². The van der Waals surface area contributed by atoms with Crippen molar-refractivity contribution in [2.45, 2.75) is 11.8 Å². The Labute approximate surface area is 221 Å². The van der Waals surface area contributed by atoms with Gasteiger partial charge in [0.1, 0.15) is 16.5 Å². The maximum atomic E-state index is 12.7. The molecule has 9 nitrogen and oxygen atoms in total. The summed E-state index contributed by atoms with van der Waals surface area (Å²) in [5.41, 5.74) is 1.41. The van der Waals surface area contributed by atoms with Crippen LogP contribution in [0, 0.1) is 21.8 Å². The number of hydrogen-bond donors (Lipinski definition) is 2. The third-order valence-electron chi connectivity index (χ3n) is 4.82. The number of anilines is 1. The molecule has 0 heterocycles. The van der Waals surface area contributed by atoms with E-state index in [0.717, 1.165) is 5.56 Å². The molecule has 0 radical (unpaired) electrons. The molecule has 3 aromatic carbocycles. The molecular weight excluding hydrogens is 599 g/mol. The van der Waals surface area contributed by atoms with E-state index in [2.05, 4.69) is 5.32 Å². The van der Waals surface area contributed by atoms with Gasteiger partial charge in [0.15, 0.2) is 11.5 Å². The standard InChI is InChI=1S/C25H19IN2O7S/c1-15-3-9-20(10-4-15)36(32,33)35-23-21(26)12-16(13-22(23)34-2)11-18(14-27)24(29)28-19-7-5-17(6-8-19)25(30)31/h3-13H,1-2H3,(H,28,29)(H,30,31)/b18-11+. The van der Waals surface area contributed by atoms with Crippen LogP contribution < -0.4 is 14.2 Å². The van der Waals surface area contributed by atoms with Gasteiger partial charge in [-0.15, -0.1) is 0 Å². The second-order valence-corrected chi connectivity index (χ2v) is 10.1. The normalized spacial score (nSPS) is 11.3. The predicted octanol–water partition coefficient (Wildman–Crippen LogP) is 4.62. The molecule has 2 N–H and O–H groups in total. The lowest BCUT2D eigenvalue weighted by atomic mass is 10.1. The maximum absolute atomic E-state index is 12.7. The van der Waals surface area contributed by atoms with Crippen molar-refractivity contribution in [2.24, 2.45) is 0 Å². The van der Waals surface area contributed by atoms with Crippen molar-refractivity contribution in [2.75, 3.05) is 12.4 Å². The molecule has 3 rings (SSSR count). The molecule has 184 valence electrons. The number of carboxylic acid groups (broad SMARTS) is 1. The van der Waals surface area contributed by atoms with E-state index in [-0.39, 0.29) is 27.5 Å². The molecular formula is C25H19IN2O7S. The molecule has 0 aromatic heterocycles. The van der Waals surface area contributed by atoms with Gasteiger partial charge in [-0.25, -0.2) is 4.79 Å². The van der Waals surface area contributed by atoms with Crippen molar-refractivity contribution in [3.05, 3.63) is 86.5 Å². The van der Waals surface area contributed by atoms with Gasteiger partial charge >= 0.3 is 16.1 Å². The van der Waals surface area contributed by atoms with Crippen LogP contribution in [0.2, 0.25) is 0 Å². The first-order chi connectivity index (χ1) is 17.0. The molecule has 36 heavy (non-hydrogen) atoms. The van der Waals surface area contributed by atoms with E-state index >= 15 is 0 Å². The minimum atomic E-state index is -4.14. The number of amides is 1. The van der Waals surface area contributed by atoms with Gasteiger partial charge in [-0.05, 0) is 89.7 Å². The maximum Gasteiger partial charge on any atom is 0.339 e. The number of nitriles is 1. The Morgan fingerprint density at radius 1 is 1.08 bits per heavy atom. The quantitative estimate of drug-likeness (QED) is 0.161. The van der Waals surface area contributed by atoms with E-state index in [1.54, 1.807) is 12.1 Å². The van der Waals surface area contributed by atoms with Crippen LogP contribution in [0.1, 0.15) is 21.5 Å². The largest absolute Gasteiger partial charge is 0.493 e. The molecule has 0 bridgehead atoms. The molecule has 1 amide bonds. The zero-order valence-corrected chi connectivity index (χ0v) is 22.0. The fraction of sp³-hybridized carbons (Fsp3) is 0.0800. The van der Waals surface area contributed by atoms with Crippen molar-refractivity contribution >= 4 is 56.3 Å². The number of carbonyl (C=O) groups excluding carboxylic acids is 1. The molecule has 0 unspecified atom stereocenters. The van der Waals surface area contributed by atoms with Gasteiger partial charge in [0.05, 0.1) is 16.2 Å². The molecule has 0 aliphatic carbocycles. The molecule has 0 saturated carbocycles. The fourth-order valence-electron chi connectivity index (χ4n) is 2.98. The fourth-order valence-corrected chi connectivity index (χ4v) is 4.82. The van der Waals surface area contributed by atoms with E-state index in [1.165, 1.54) is 61.7 Å². The zero-order valence-electron chi connectivity index (χ0n) is 19.0. The lowest BCUT2D eigenvalue weighted by molar-refractivity contribution is -0.112. The number of rotatable bonds is 8. The molecule has 3 aromatic rings. The number of aryl methyl sites for hydroxylation is 1. The van der Waals surface area contributed by atoms with Crippen molar-refractivity contribution in [3.8, 4) is 17.6 Å². The van der Waals surface area contributed by atoms with Gasteiger partial charge in [-0.3, -0.25) is 4.79 Å². The average molecular weight is 618 g/mol. The molecule has 0 fully saturated rings. The molecule has 0 atom stereocenters. The van der Waals surface area contributed by atoms with Crippen molar-refractivity contribution in [3.63, 3.8) is 0 Å². The summed E-state index contributed by atoms with van der Waals surface area (Å²) in [6.07, 6.45) is 1.31. The number of nitrogens with one attached hydrogen (secondary N) is 1. The first-order valence-corrected chi connectivity index (χ1v) is 12.7. The highest BCUT2D eigenvalue weighted by atomic mass is 127. The summed E-state index contributed by atoms with van der Waals surface area (Å²) >= 11 is 1.87. The second-order valence-electron chi connectivity index (χ2n) is 7.39. The highest BCUT2D eigenvalue weighted by Gasteiger charge is 2.22. The average Bonchev–Trinajstić information content (AvgIpc) is 2.84. The SMILES string of the molecule is COc1cc(/C=C(\C#N)C(=O)Nc2ccc(C(=O)O)cc2)cc(I)c1OS(=O)(=O)c1ccc(C)cc1. The number of benzene rings is 3. The van der Waals surface area contributed by atoms with E-state index in [1.807, 2.05) is 35.6 Å². The van der Waals surface area contributed by atoms with Crippen LogP contribution in [-0.2, 0) is 14.9 Å². The number of carbonyl (C=O) groups is 2. The van der Waals surface area contributed by atoms with E-state index in [4.69, 9.17) is 14.0 Å². The Kier molecular flexibility index (Phi) is 8.33. The topological polar surface area (TPSA) is 143 Å². The number of nitrogens with zero attached hydrogens (tertiary/aromatic N) is 1. The third kappa shape index (κ3) is 6.41. The second kappa shape index (κ2) is 11.2. The van der Waals surface area contributed by atoms with Crippen LogP contribution in [0.25, 0.3) is 6.08 Å². The van der Waals surface area contributed by atoms with Crippen LogP contribution >= 0.6 is 22.6 Å². The van der Waals surface area contributed by atoms with Crippen LogP contribution in [0.3, 0.4) is 0 Å². The lowest BCUT2D eigenvalue weighted by Crippen LogP contribution is -2.13. The van der Waals surface area contributed by atoms with Gasteiger partial charge in [-0.2, -0.15) is 13.7 Å². The Hall–Kier alpha value is -3.89. The van der Waals surface area contributed by atoms with Gasteiger partial charge in [0, 0.05) is 5.69 Å². The van der Waals surface area contributed by atoms with Gasteiger partial charge in [0.2, 0.25) is 0 Å². The predicted molar refractivity (Wildman–Crippen MR) is 140 cm³/mol. The first kappa shape index (κ1) is 26.7. The van der Waals surface area contributed by atoms with Crippen molar-refractivity contribution in [1.82, 2.24) is 0 Å². The van der Waals surface area contributed by atoms with Crippen LogP contribution in [0.4, 0.5) is 5.69 Å². The Bertz CT molecular complexity index is 1490. The Morgan fingerprint density at radius 2 is 1.72 bits per heavy atom. The summed E-state index contributed by atoms with van der Waals surface area (Å²) in [4.78, 5) is 23.5. The minimum Gasteiger partial charge on any atom is -0.493 e. The lowest BCUT2D eigenvalue weighted by Gasteiger charge is -2.14. The van der Waals surface area contributed by atoms with Crippen molar-refractivity contribution < 1.29 is 32.0 Å². The number of halogens is 1. The molecule has 11 heteroatoms. The summed E-state index contributed by atoms with van der Waals surface area (Å²) < 4.78 is 36.5. The van der Waals surface area contributed by atoms with Crippen molar-refractivity contribution in [1.29, 1.82) is 5.26 Å². The van der Waals surface area contributed by atoms with E-state index < -0.39 is 22.0 Å². The van der Waals surface area contributed by atoms with Gasteiger partial charge < -0.3 is 19.3 Å². The number of carboxylic acids is 1. The monoisotopic (exact) mass is 618 g/mol. The summed E-state index contributed by atoms with van der Waals surface area (Å²) in [6.45, 7) is 1.83. The van der Waals surface area contributed by atoms with Gasteiger partial charge in [-0.1, -0.05) is 17.7 Å². The Morgan fingerprint density at radius 3 is 2.28 bits per heavy atom. The molecule has 0 aliphatic rings. The molecule has 0 spiro atoms. The van der Waals surface area contributed by atoms with Crippen LogP contribution in [0.15, 0.2) is 71.1 Å². The number of aromatic carboxylic acids is 1. The summed E-state index contributed by atoms with van der Waals surface area (Å²) in [5, 5.41) is 21.0. The Balaban J connectivity index is 1.87. The number of methoxy groups -OCH3 is 1. The highest BCUT2D eigenvalue weighted by molar-refractivity contribution is 14.1. The summed E-state index contributed by atoms with van der Waals surface area (Å²) in [7, 11) is -2.80. The minimum absolute atomic E-state index is 0.0187. The van der Waals surface area contributed by atoms with Gasteiger partial charge in [0.25, 0.3) is 5.91 Å². The zero-order chi connectivity index (χ0) is 26.5. The van der Waals surface area contributed by atoms with E-state index in [0.29, 0.717) is 14.8 Å². The molecule has 0 saturated heterocycles. The number of hydrogen-bond acceptors (Lipinski definition) is 7. The first-order valence-electron chi connectivity index (χ1n) is 10.2. The summed E-state index contributed by atoms with van der Waals surface area (Å²) in [6, 6.07) is 16.4. The smallest absolute Gasteiger partial charge is 0.339 e. The van der Waals surface area contributed by atoms with Crippen LogP contribution in [0.5, 0.6) is 11.5 Å². The molecule has 0 aliphatic heterocycles. The summed E-state index contributed by atoms with van der Waals surface area (Å²) in [5.74, 6) is -1.76. The van der Waals surface area contributed by atoms with E-state index in [9.17, 15) is 23.3 Å². The highest BCUT2D eigenvalue weighted by Crippen LogP contribution is 2.36. The third-order valence-corrected chi connectivity index (χ3v) is 6.86.